The number of carboxylic acids is 1. The maximum absolute atomic E-state index is 11.9. The van der Waals surface area contributed by atoms with Gasteiger partial charge in [0.2, 0.25) is 0 Å². The number of carboxylic acid groups (broad SMARTS) is 1. The molecule has 1 N–H and O–H groups in total. The van der Waals surface area contributed by atoms with E-state index in [0.717, 1.165) is 42.9 Å². The monoisotopic (exact) mass is 477 g/mol. The molecule has 0 unspecified atom stereocenters. The number of ether oxygens (including phenoxy) is 3. The van der Waals surface area contributed by atoms with Crippen LogP contribution in [0.2, 0.25) is 0 Å². The predicted octanol–water partition coefficient (Wildman–Crippen LogP) is 4.50. The smallest absolute Gasteiger partial charge is 0.358 e. The Morgan fingerprint density at radius 2 is 1.74 bits per heavy atom. The Kier molecular flexibility index (Phi) is 8.15. The topological polar surface area (TPSA) is 94.0 Å². The van der Waals surface area contributed by atoms with Gasteiger partial charge in [-0.25, -0.2) is 14.8 Å². The fourth-order valence-corrected chi connectivity index (χ4v) is 4.29. The van der Waals surface area contributed by atoms with E-state index in [9.17, 15) is 9.90 Å². The van der Waals surface area contributed by atoms with E-state index in [0.29, 0.717) is 23.9 Å². The lowest BCUT2D eigenvalue weighted by molar-refractivity contribution is 0.0511. The zero-order valence-corrected chi connectivity index (χ0v) is 20.1. The van der Waals surface area contributed by atoms with Crippen LogP contribution in [0.25, 0.3) is 0 Å². The zero-order chi connectivity index (χ0) is 24.6. The summed E-state index contributed by atoms with van der Waals surface area (Å²) in [6, 6.07) is 17.6. The Hall–Kier alpha value is -3.65. The van der Waals surface area contributed by atoms with Crippen molar-refractivity contribution in [2.75, 3.05) is 31.9 Å². The average Bonchev–Trinajstić information content (AvgIpc) is 2.88. The van der Waals surface area contributed by atoms with Gasteiger partial charge in [0.05, 0.1) is 5.69 Å². The van der Waals surface area contributed by atoms with Gasteiger partial charge < -0.3 is 24.2 Å². The third kappa shape index (κ3) is 6.48. The summed E-state index contributed by atoms with van der Waals surface area (Å²) in [4.78, 5) is 23.2. The van der Waals surface area contributed by atoms with E-state index in [4.69, 9.17) is 14.2 Å². The number of anilines is 1. The lowest BCUT2D eigenvalue weighted by Gasteiger charge is -2.33. The SMILES string of the molecule is COCOc1ccc(N2CCC(Cc3nc(C)c(OCc4ccccc4)c(C(=O)O)n3)CC2)cc1. The van der Waals surface area contributed by atoms with Gasteiger partial charge in [0.15, 0.2) is 18.2 Å². The molecule has 2 heterocycles. The first-order valence-corrected chi connectivity index (χ1v) is 11.8. The first-order valence-electron chi connectivity index (χ1n) is 11.8. The molecule has 1 aliphatic rings. The second-order valence-corrected chi connectivity index (χ2v) is 8.66. The minimum atomic E-state index is -1.10. The summed E-state index contributed by atoms with van der Waals surface area (Å²) >= 11 is 0. The summed E-state index contributed by atoms with van der Waals surface area (Å²) in [6.45, 7) is 4.12. The van der Waals surface area contributed by atoms with Crippen molar-refractivity contribution in [1.82, 2.24) is 9.97 Å². The van der Waals surface area contributed by atoms with Crippen molar-refractivity contribution in [3.8, 4) is 11.5 Å². The number of nitrogens with zero attached hydrogens (tertiary/aromatic N) is 3. The number of aryl methyl sites for hydroxylation is 1. The van der Waals surface area contributed by atoms with Gasteiger partial charge in [0, 0.05) is 32.3 Å². The van der Waals surface area contributed by atoms with Crippen LogP contribution in [0, 0.1) is 12.8 Å². The first kappa shape index (κ1) is 24.5. The molecule has 0 atom stereocenters. The van der Waals surface area contributed by atoms with Gasteiger partial charge >= 0.3 is 5.97 Å². The summed E-state index contributed by atoms with van der Waals surface area (Å²) in [5.74, 6) is 0.867. The Morgan fingerprint density at radius 1 is 1.03 bits per heavy atom. The summed E-state index contributed by atoms with van der Waals surface area (Å²) in [7, 11) is 1.60. The highest BCUT2D eigenvalue weighted by molar-refractivity contribution is 5.88. The highest BCUT2D eigenvalue weighted by Crippen LogP contribution is 2.28. The maximum Gasteiger partial charge on any atom is 0.358 e. The molecule has 1 aliphatic heterocycles. The van der Waals surface area contributed by atoms with Gasteiger partial charge in [-0.2, -0.15) is 0 Å². The number of benzene rings is 2. The molecule has 0 aliphatic carbocycles. The van der Waals surface area contributed by atoms with Crippen LogP contribution >= 0.6 is 0 Å². The summed E-state index contributed by atoms with van der Waals surface area (Å²) in [6.07, 6.45) is 2.62. The van der Waals surface area contributed by atoms with Crippen molar-refractivity contribution in [1.29, 1.82) is 0 Å². The van der Waals surface area contributed by atoms with E-state index in [2.05, 4.69) is 27.0 Å². The summed E-state index contributed by atoms with van der Waals surface area (Å²) < 4.78 is 16.2. The minimum Gasteiger partial charge on any atom is -0.484 e. The molecule has 0 amide bonds. The molecule has 3 aromatic rings. The number of carbonyl (C=O) groups is 1. The lowest BCUT2D eigenvalue weighted by Crippen LogP contribution is -2.34. The van der Waals surface area contributed by atoms with Crippen LogP contribution < -0.4 is 14.4 Å². The number of aromatic carboxylic acids is 1. The van der Waals surface area contributed by atoms with Crippen LogP contribution in [-0.2, 0) is 17.8 Å². The number of hydrogen-bond donors (Lipinski definition) is 1. The van der Waals surface area contributed by atoms with Crippen molar-refractivity contribution in [3.63, 3.8) is 0 Å². The molecular formula is C27H31N3O5. The van der Waals surface area contributed by atoms with E-state index in [1.54, 1.807) is 14.0 Å². The van der Waals surface area contributed by atoms with Crippen LogP contribution in [-0.4, -0.2) is 48.0 Å². The lowest BCUT2D eigenvalue weighted by atomic mass is 9.93. The fraction of sp³-hybridized carbons (Fsp3) is 0.370. The van der Waals surface area contributed by atoms with Crippen LogP contribution in [0.4, 0.5) is 5.69 Å². The predicted molar refractivity (Wildman–Crippen MR) is 132 cm³/mol. The highest BCUT2D eigenvalue weighted by atomic mass is 16.7. The second-order valence-electron chi connectivity index (χ2n) is 8.66. The van der Waals surface area contributed by atoms with E-state index in [-0.39, 0.29) is 24.8 Å². The number of hydrogen-bond acceptors (Lipinski definition) is 7. The molecule has 2 aromatic carbocycles. The van der Waals surface area contributed by atoms with Crippen molar-refractivity contribution in [2.24, 2.45) is 5.92 Å². The third-order valence-corrected chi connectivity index (χ3v) is 6.14. The van der Waals surface area contributed by atoms with E-state index in [1.165, 1.54) is 0 Å². The maximum atomic E-state index is 11.9. The van der Waals surface area contributed by atoms with E-state index in [1.807, 2.05) is 42.5 Å². The van der Waals surface area contributed by atoms with Crippen molar-refractivity contribution < 1.29 is 24.1 Å². The molecule has 1 aromatic heterocycles. The van der Waals surface area contributed by atoms with Crippen LogP contribution in [0.3, 0.4) is 0 Å². The summed E-state index contributed by atoms with van der Waals surface area (Å²) in [5.41, 5.74) is 2.60. The molecule has 35 heavy (non-hydrogen) atoms. The number of rotatable bonds is 10. The normalized spacial score (nSPS) is 14.1. The minimum absolute atomic E-state index is 0.0725. The Morgan fingerprint density at radius 3 is 2.40 bits per heavy atom. The average molecular weight is 478 g/mol. The van der Waals surface area contributed by atoms with Crippen molar-refractivity contribution in [2.45, 2.75) is 32.8 Å². The molecule has 8 heteroatoms. The van der Waals surface area contributed by atoms with E-state index < -0.39 is 5.97 Å². The fourth-order valence-electron chi connectivity index (χ4n) is 4.29. The van der Waals surface area contributed by atoms with Gasteiger partial charge in [0.25, 0.3) is 0 Å². The molecule has 1 fully saturated rings. The largest absolute Gasteiger partial charge is 0.484 e. The Labute approximate surface area is 205 Å². The van der Waals surface area contributed by atoms with Crippen molar-refractivity contribution in [3.05, 3.63) is 77.4 Å². The standard InChI is InChI=1S/C27H31N3O5/c1-19-26(34-17-21-6-4-3-5-7-21)25(27(31)32)29-24(28-19)16-20-12-14-30(15-13-20)22-8-10-23(11-9-22)35-18-33-2/h3-11,20H,12-18H2,1-2H3,(H,31,32). The molecule has 0 bridgehead atoms. The van der Waals surface area contributed by atoms with Crippen molar-refractivity contribution >= 4 is 11.7 Å². The first-order chi connectivity index (χ1) is 17.0. The second kappa shape index (κ2) is 11.7. The quantitative estimate of drug-likeness (QED) is 0.427. The van der Waals surface area contributed by atoms with Crippen LogP contribution in [0.5, 0.6) is 11.5 Å². The molecule has 4 rings (SSSR count). The molecule has 0 saturated carbocycles. The van der Waals surface area contributed by atoms with Crippen LogP contribution in [0.1, 0.15) is 40.4 Å². The number of piperidine rings is 1. The Bertz CT molecular complexity index is 1110. The molecular weight excluding hydrogens is 446 g/mol. The van der Waals surface area contributed by atoms with Gasteiger partial charge in [-0.15, -0.1) is 0 Å². The van der Waals surface area contributed by atoms with E-state index >= 15 is 0 Å². The molecule has 8 nitrogen and oxygen atoms in total. The number of methoxy groups -OCH3 is 1. The number of aromatic nitrogens is 2. The Balaban J connectivity index is 1.36. The van der Waals surface area contributed by atoms with Gasteiger partial charge in [-0.3, -0.25) is 0 Å². The molecule has 0 spiro atoms. The van der Waals surface area contributed by atoms with Gasteiger partial charge in [0.1, 0.15) is 18.2 Å². The van der Waals surface area contributed by atoms with Crippen LogP contribution in [0.15, 0.2) is 54.6 Å². The third-order valence-electron chi connectivity index (χ3n) is 6.14. The van der Waals surface area contributed by atoms with Gasteiger partial charge in [-0.05, 0) is 55.5 Å². The molecule has 0 radical (unpaired) electrons. The highest BCUT2D eigenvalue weighted by Gasteiger charge is 2.24. The molecule has 184 valence electrons. The summed E-state index contributed by atoms with van der Waals surface area (Å²) in [5, 5.41) is 9.75. The molecule has 1 saturated heterocycles. The zero-order valence-electron chi connectivity index (χ0n) is 20.1. The van der Waals surface area contributed by atoms with Gasteiger partial charge in [-0.1, -0.05) is 30.3 Å².